The van der Waals surface area contributed by atoms with Gasteiger partial charge in [0, 0.05) is 36.1 Å². The summed E-state index contributed by atoms with van der Waals surface area (Å²) in [6.45, 7) is 1.15. The molecule has 1 aliphatic carbocycles. The average molecular weight is 383 g/mol. The SMILES string of the molecule is COc1c2c(cc3c1OCO3)[C@H]1[C@H](c3ccc4c(c3CN1C)OCO4)[C@H](O)C2. The molecule has 0 saturated heterocycles. The van der Waals surface area contributed by atoms with Crippen molar-refractivity contribution in [2.45, 2.75) is 31.0 Å². The molecule has 0 unspecified atom stereocenters. The lowest BCUT2D eigenvalue weighted by Gasteiger charge is -2.46. The first-order valence-corrected chi connectivity index (χ1v) is 9.46. The quantitative estimate of drug-likeness (QED) is 0.811. The molecule has 2 aromatic rings. The molecule has 0 spiro atoms. The molecule has 0 saturated carbocycles. The number of hydrogen-bond donors (Lipinski definition) is 1. The summed E-state index contributed by atoms with van der Waals surface area (Å²) in [7, 11) is 3.71. The summed E-state index contributed by atoms with van der Waals surface area (Å²) >= 11 is 0. The van der Waals surface area contributed by atoms with Gasteiger partial charge in [-0.05, 0) is 30.3 Å². The van der Waals surface area contributed by atoms with E-state index in [1.807, 2.05) is 6.07 Å². The summed E-state index contributed by atoms with van der Waals surface area (Å²) in [6.07, 6.45) is -0.0495. The number of fused-ring (bicyclic) bond motifs is 8. The molecular weight excluding hydrogens is 362 g/mol. The molecule has 0 fully saturated rings. The van der Waals surface area contributed by atoms with Gasteiger partial charge in [-0.3, -0.25) is 4.90 Å². The fourth-order valence-electron chi connectivity index (χ4n) is 5.26. The molecule has 2 aromatic carbocycles. The van der Waals surface area contributed by atoms with Gasteiger partial charge in [0.1, 0.15) is 0 Å². The van der Waals surface area contributed by atoms with Crippen molar-refractivity contribution in [3.05, 3.63) is 40.5 Å². The second kappa shape index (κ2) is 5.68. The molecule has 6 rings (SSSR count). The van der Waals surface area contributed by atoms with E-state index in [0.29, 0.717) is 30.2 Å². The number of ether oxygens (including phenoxy) is 5. The van der Waals surface area contributed by atoms with Gasteiger partial charge < -0.3 is 28.8 Å². The van der Waals surface area contributed by atoms with Gasteiger partial charge >= 0.3 is 0 Å². The number of hydrogen-bond acceptors (Lipinski definition) is 7. The molecule has 1 N–H and O–H groups in total. The first kappa shape index (κ1) is 16.3. The van der Waals surface area contributed by atoms with Crippen molar-refractivity contribution in [1.29, 1.82) is 0 Å². The van der Waals surface area contributed by atoms with Crippen molar-refractivity contribution >= 4 is 0 Å². The van der Waals surface area contributed by atoms with Crippen molar-refractivity contribution < 1.29 is 28.8 Å². The van der Waals surface area contributed by atoms with Gasteiger partial charge in [0.2, 0.25) is 19.3 Å². The van der Waals surface area contributed by atoms with Crippen LogP contribution in [0.5, 0.6) is 28.7 Å². The fourth-order valence-corrected chi connectivity index (χ4v) is 5.26. The van der Waals surface area contributed by atoms with E-state index in [4.69, 9.17) is 23.7 Å². The molecule has 3 aliphatic heterocycles. The van der Waals surface area contributed by atoms with Crippen LogP contribution in [0.2, 0.25) is 0 Å². The van der Waals surface area contributed by atoms with E-state index in [-0.39, 0.29) is 25.5 Å². The molecule has 7 nitrogen and oxygen atoms in total. The number of rotatable bonds is 1. The number of methoxy groups -OCH3 is 1. The van der Waals surface area contributed by atoms with Crippen molar-refractivity contribution in [2.75, 3.05) is 27.7 Å². The van der Waals surface area contributed by atoms with Crippen LogP contribution in [0.4, 0.5) is 0 Å². The van der Waals surface area contributed by atoms with Crippen LogP contribution in [0.1, 0.15) is 34.2 Å². The number of nitrogens with zero attached hydrogens (tertiary/aromatic N) is 1. The van der Waals surface area contributed by atoms with E-state index >= 15 is 0 Å². The van der Waals surface area contributed by atoms with Crippen LogP contribution < -0.4 is 23.7 Å². The highest BCUT2D eigenvalue weighted by Crippen LogP contribution is 2.56. The fraction of sp³-hybridized carbons (Fsp3) is 0.429. The van der Waals surface area contributed by atoms with Gasteiger partial charge in [-0.25, -0.2) is 0 Å². The van der Waals surface area contributed by atoms with Crippen molar-refractivity contribution in [3.63, 3.8) is 0 Å². The number of aliphatic hydroxyl groups is 1. The van der Waals surface area contributed by atoms with Crippen molar-refractivity contribution in [3.8, 4) is 28.7 Å². The van der Waals surface area contributed by atoms with Crippen LogP contribution in [0.15, 0.2) is 18.2 Å². The summed E-state index contributed by atoms with van der Waals surface area (Å²) in [5, 5.41) is 11.2. The Hall–Kier alpha value is -2.64. The third kappa shape index (κ3) is 2.00. The Morgan fingerprint density at radius 1 is 1.00 bits per heavy atom. The van der Waals surface area contributed by atoms with Crippen LogP contribution in [-0.4, -0.2) is 43.9 Å². The summed E-state index contributed by atoms with van der Waals surface area (Å²) in [6, 6.07) is 6.09. The van der Waals surface area contributed by atoms with Crippen LogP contribution >= 0.6 is 0 Å². The summed E-state index contributed by atoms with van der Waals surface area (Å²) in [4.78, 5) is 2.26. The number of benzene rings is 2. The minimum atomic E-state index is -0.548. The van der Waals surface area contributed by atoms with E-state index in [9.17, 15) is 5.11 Å². The van der Waals surface area contributed by atoms with Crippen molar-refractivity contribution in [1.82, 2.24) is 4.90 Å². The molecule has 0 aromatic heterocycles. The van der Waals surface area contributed by atoms with E-state index in [1.165, 1.54) is 0 Å². The third-order valence-corrected chi connectivity index (χ3v) is 6.37. The molecule has 7 heteroatoms. The molecule has 0 radical (unpaired) electrons. The molecular formula is C21H21NO6. The highest BCUT2D eigenvalue weighted by atomic mass is 16.7. The summed E-state index contributed by atoms with van der Waals surface area (Å²) in [5.74, 6) is 3.53. The van der Waals surface area contributed by atoms with Crippen LogP contribution in [0, 0.1) is 0 Å². The van der Waals surface area contributed by atoms with Crippen LogP contribution in [0.25, 0.3) is 0 Å². The number of likely N-dealkylation sites (N-methyl/N-ethyl adjacent to an activating group) is 1. The Morgan fingerprint density at radius 3 is 2.61 bits per heavy atom. The number of aliphatic hydroxyl groups excluding tert-OH is 1. The second-order valence-electron chi connectivity index (χ2n) is 7.74. The Bertz CT molecular complexity index is 990. The predicted molar refractivity (Wildman–Crippen MR) is 98.3 cm³/mol. The monoisotopic (exact) mass is 383 g/mol. The molecule has 0 bridgehead atoms. The topological polar surface area (TPSA) is 69.6 Å². The molecule has 4 aliphatic rings. The second-order valence-corrected chi connectivity index (χ2v) is 7.74. The predicted octanol–water partition coefficient (Wildman–Crippen LogP) is 2.34. The smallest absolute Gasteiger partial charge is 0.231 e. The Labute approximate surface area is 162 Å². The zero-order valence-electron chi connectivity index (χ0n) is 15.7. The first-order valence-electron chi connectivity index (χ1n) is 9.46. The molecule has 3 heterocycles. The first-order chi connectivity index (χ1) is 13.7. The highest BCUT2D eigenvalue weighted by Gasteiger charge is 2.46. The summed E-state index contributed by atoms with van der Waals surface area (Å²) < 4.78 is 28.2. The lowest BCUT2D eigenvalue weighted by atomic mass is 9.70. The minimum absolute atomic E-state index is 0.00928. The van der Waals surface area contributed by atoms with Gasteiger partial charge in [0.05, 0.1) is 13.2 Å². The van der Waals surface area contributed by atoms with Gasteiger partial charge in [-0.1, -0.05) is 6.07 Å². The molecule has 28 heavy (non-hydrogen) atoms. The zero-order chi connectivity index (χ0) is 19.0. The highest BCUT2D eigenvalue weighted by molar-refractivity contribution is 5.64. The van der Waals surface area contributed by atoms with E-state index < -0.39 is 6.10 Å². The van der Waals surface area contributed by atoms with Gasteiger partial charge in [-0.15, -0.1) is 0 Å². The van der Waals surface area contributed by atoms with E-state index in [0.717, 1.165) is 33.8 Å². The van der Waals surface area contributed by atoms with Crippen molar-refractivity contribution in [2.24, 2.45) is 0 Å². The van der Waals surface area contributed by atoms with Gasteiger partial charge in [0.25, 0.3) is 0 Å². The maximum absolute atomic E-state index is 11.2. The summed E-state index contributed by atoms with van der Waals surface area (Å²) in [5.41, 5.74) is 4.36. The minimum Gasteiger partial charge on any atom is -0.492 e. The normalized spacial score (nSPS) is 26.5. The van der Waals surface area contributed by atoms with Crippen LogP contribution in [-0.2, 0) is 13.0 Å². The Morgan fingerprint density at radius 2 is 1.79 bits per heavy atom. The largest absolute Gasteiger partial charge is 0.492 e. The molecule has 146 valence electrons. The molecule has 0 amide bonds. The zero-order valence-corrected chi connectivity index (χ0v) is 15.7. The molecule has 3 atom stereocenters. The maximum atomic E-state index is 11.2. The Kier molecular flexibility index (Phi) is 3.31. The lowest BCUT2D eigenvalue weighted by molar-refractivity contribution is 0.0582. The third-order valence-electron chi connectivity index (χ3n) is 6.37. The lowest BCUT2D eigenvalue weighted by Crippen LogP contribution is -2.43. The average Bonchev–Trinajstić information content (AvgIpc) is 3.35. The standard InChI is InChI=1S/C21H21NO6/c1-22-7-13-10(3-4-15-19(13)27-8-25-15)17-14(23)5-12-11(18(17)22)6-16-21(20(12)24-2)28-9-26-16/h3-4,6,14,17-18,23H,5,7-9H2,1-2H3/t14-,17-,18+/m1/s1. The van der Waals surface area contributed by atoms with Gasteiger partial charge in [-0.2, -0.15) is 0 Å². The van der Waals surface area contributed by atoms with Crippen LogP contribution in [0.3, 0.4) is 0 Å². The maximum Gasteiger partial charge on any atom is 0.231 e. The van der Waals surface area contributed by atoms with E-state index in [1.54, 1.807) is 7.11 Å². The van der Waals surface area contributed by atoms with E-state index in [2.05, 4.69) is 24.1 Å². The van der Waals surface area contributed by atoms with Gasteiger partial charge in [0.15, 0.2) is 23.0 Å². The Balaban J connectivity index is 1.55.